The zero-order chi connectivity index (χ0) is 57.6. The normalized spacial score (nSPS) is 13.3. The van der Waals surface area contributed by atoms with Crippen molar-refractivity contribution in [3.63, 3.8) is 0 Å². The van der Waals surface area contributed by atoms with Crippen LogP contribution in [-0.4, -0.2) is 87.4 Å². The minimum atomic E-state index is -1.52. The Labute approximate surface area is 487 Å². The van der Waals surface area contributed by atoms with E-state index in [-0.39, 0.29) is 32.2 Å². The van der Waals surface area contributed by atoms with Gasteiger partial charge in [-0.2, -0.15) is 0 Å². The summed E-state index contributed by atoms with van der Waals surface area (Å²) in [7, 11) is 5.97. The lowest BCUT2D eigenvalue weighted by Crippen LogP contribution is -2.40. The number of quaternary nitrogens is 1. The Balaban J connectivity index is 4.19. The predicted octanol–water partition coefficient (Wildman–Crippen LogP) is 19.9. The van der Waals surface area contributed by atoms with Gasteiger partial charge in [-0.15, -0.1) is 0 Å². The number of nitrogens with zero attached hydrogens (tertiary/aromatic N) is 1. The first kappa shape index (κ1) is 75.5. The summed E-state index contributed by atoms with van der Waals surface area (Å²) in [6.45, 7) is 4.78. The van der Waals surface area contributed by atoms with Gasteiger partial charge in [-0.3, -0.25) is 9.59 Å². The van der Waals surface area contributed by atoms with Crippen molar-refractivity contribution in [2.75, 3.05) is 47.5 Å². The number of hydrogen-bond acceptors (Lipinski definition) is 7. The van der Waals surface area contributed by atoms with Crippen LogP contribution in [0, 0.1) is 0 Å². The number of ether oxygens (including phenoxy) is 4. The van der Waals surface area contributed by atoms with Gasteiger partial charge >= 0.3 is 17.9 Å². The van der Waals surface area contributed by atoms with Gasteiger partial charge in [-0.1, -0.05) is 266 Å². The lowest BCUT2D eigenvalue weighted by molar-refractivity contribution is -0.870. The van der Waals surface area contributed by atoms with Gasteiger partial charge in [-0.25, -0.2) is 4.79 Å². The number of allylic oxidation sites excluding steroid dienone is 14. The highest BCUT2D eigenvalue weighted by Crippen LogP contribution is 2.17. The third-order valence-electron chi connectivity index (χ3n) is 14.1. The van der Waals surface area contributed by atoms with Crippen molar-refractivity contribution in [1.29, 1.82) is 0 Å². The predicted molar refractivity (Wildman–Crippen MR) is 336 cm³/mol. The van der Waals surface area contributed by atoms with E-state index in [0.29, 0.717) is 23.9 Å². The number of esters is 2. The number of hydrogen-bond donors (Lipinski definition) is 1. The van der Waals surface area contributed by atoms with E-state index < -0.39 is 24.3 Å². The Morgan fingerprint density at radius 2 is 0.722 bits per heavy atom. The van der Waals surface area contributed by atoms with E-state index in [4.69, 9.17) is 18.9 Å². The Morgan fingerprint density at radius 1 is 0.392 bits per heavy atom. The molecule has 79 heavy (non-hydrogen) atoms. The number of likely N-dealkylation sites (N-methyl/N-ethyl adjacent to an activating group) is 1. The lowest BCUT2D eigenvalue weighted by atomic mass is 10.0. The molecule has 0 aliphatic carbocycles. The number of aliphatic carboxylic acids is 1. The molecule has 0 aromatic rings. The zero-order valence-corrected chi connectivity index (χ0v) is 52.0. The number of rotatable bonds is 60. The first-order valence-electron chi connectivity index (χ1n) is 32.8. The van der Waals surface area contributed by atoms with Crippen molar-refractivity contribution in [1.82, 2.24) is 0 Å². The SMILES string of the molecule is CC/C=C\C/C=C\C/C=C\C/C=C\C/C=C\C/C=C\CCCCCCCCCCCCC(=O)OC(COC(=O)CCCCCCCCCCCCCCC/C=C\CCCCCCCCCC)COC(OCC[N+](C)(C)C)C(=O)O. The molecule has 456 valence electrons. The number of carbonyl (C=O) groups is 3. The molecule has 0 aliphatic heterocycles. The van der Waals surface area contributed by atoms with Crippen molar-refractivity contribution >= 4 is 17.9 Å². The number of carboxylic acid groups (broad SMARTS) is 1. The fourth-order valence-electron chi connectivity index (χ4n) is 9.13. The summed E-state index contributed by atoms with van der Waals surface area (Å²) in [6.07, 6.45) is 78.2. The first-order chi connectivity index (χ1) is 38.6. The molecule has 0 heterocycles. The highest BCUT2D eigenvalue weighted by atomic mass is 16.7. The standard InChI is InChI=1S/C70H123NO8/c1-6-8-10-12-14-16-18-20-22-24-26-28-30-32-33-34-35-37-39-41-43-45-47-49-51-53-55-57-59-61-68(73)79-66(65-78-70(69(74)75)76-63-62-71(3,4)5)64-77-67(72)60-58-56-54-52-50-48-46-44-42-40-38-36-31-29-27-25-23-21-19-17-15-13-11-9-7-2/h8,10,14,16,20,22,25-28,32-33,35,37,66,70H,6-7,9,11-13,15,17-19,21,23-24,29-31,34,36,38-65H2,1-5H3/p+1/b10-8-,16-14-,22-20-,27-25-,28-26-,33-32-,37-35-. The van der Waals surface area contributed by atoms with Gasteiger partial charge in [0.2, 0.25) is 0 Å². The zero-order valence-electron chi connectivity index (χ0n) is 52.0. The third-order valence-corrected chi connectivity index (χ3v) is 14.1. The van der Waals surface area contributed by atoms with Gasteiger partial charge in [0.05, 0.1) is 34.4 Å². The van der Waals surface area contributed by atoms with Crippen LogP contribution in [0.2, 0.25) is 0 Å². The fraction of sp³-hybridized carbons (Fsp3) is 0.757. The molecule has 2 unspecified atom stereocenters. The molecule has 0 radical (unpaired) electrons. The van der Waals surface area contributed by atoms with E-state index in [9.17, 15) is 19.5 Å². The summed E-state index contributed by atoms with van der Waals surface area (Å²) in [6, 6.07) is 0. The van der Waals surface area contributed by atoms with Gasteiger partial charge < -0.3 is 28.5 Å². The molecule has 1 N–H and O–H groups in total. The maximum Gasteiger partial charge on any atom is 0.361 e. The minimum Gasteiger partial charge on any atom is -0.477 e. The number of unbranched alkanes of at least 4 members (excludes halogenated alkanes) is 31. The molecular weight excluding hydrogens is 983 g/mol. The summed E-state index contributed by atoms with van der Waals surface area (Å²) in [5, 5.41) is 9.73. The fourth-order valence-corrected chi connectivity index (χ4v) is 9.13. The number of carbonyl (C=O) groups excluding carboxylic acids is 2. The van der Waals surface area contributed by atoms with Crippen LogP contribution < -0.4 is 0 Å². The van der Waals surface area contributed by atoms with Gasteiger partial charge in [-0.05, 0) is 89.9 Å². The molecule has 0 aromatic carbocycles. The molecule has 0 fully saturated rings. The smallest absolute Gasteiger partial charge is 0.361 e. The molecule has 0 bridgehead atoms. The maximum absolute atomic E-state index is 12.9. The van der Waals surface area contributed by atoms with E-state index in [1.165, 1.54) is 167 Å². The maximum atomic E-state index is 12.9. The second kappa shape index (κ2) is 60.6. The van der Waals surface area contributed by atoms with E-state index in [1.807, 2.05) is 21.1 Å². The van der Waals surface area contributed by atoms with Crippen molar-refractivity contribution in [3.8, 4) is 0 Å². The van der Waals surface area contributed by atoms with Gasteiger partial charge in [0.15, 0.2) is 6.10 Å². The topological polar surface area (TPSA) is 108 Å². The van der Waals surface area contributed by atoms with Crippen LogP contribution in [0.4, 0.5) is 0 Å². The van der Waals surface area contributed by atoms with Gasteiger partial charge in [0.25, 0.3) is 6.29 Å². The van der Waals surface area contributed by atoms with Crippen molar-refractivity contribution in [2.24, 2.45) is 0 Å². The van der Waals surface area contributed by atoms with Crippen LogP contribution in [0.5, 0.6) is 0 Å². The van der Waals surface area contributed by atoms with Crippen LogP contribution in [-0.2, 0) is 33.3 Å². The average molecular weight is 1110 g/mol. The van der Waals surface area contributed by atoms with Crippen LogP contribution in [0.1, 0.15) is 284 Å². The molecule has 0 spiro atoms. The second-order valence-electron chi connectivity index (χ2n) is 23.0. The first-order valence-corrected chi connectivity index (χ1v) is 32.8. The van der Waals surface area contributed by atoms with Gasteiger partial charge in [0, 0.05) is 12.8 Å². The highest BCUT2D eigenvalue weighted by Gasteiger charge is 2.25. The third kappa shape index (κ3) is 61.9. The van der Waals surface area contributed by atoms with Gasteiger partial charge in [0.1, 0.15) is 13.2 Å². The summed E-state index contributed by atoms with van der Waals surface area (Å²) >= 11 is 0. The molecule has 9 heteroatoms. The van der Waals surface area contributed by atoms with E-state index in [0.717, 1.165) is 83.5 Å². The molecule has 0 saturated carbocycles. The quantitative estimate of drug-likeness (QED) is 0.0211. The molecule has 0 aliphatic rings. The monoisotopic (exact) mass is 1110 g/mol. The molecule has 0 aromatic heterocycles. The van der Waals surface area contributed by atoms with Crippen molar-refractivity contribution in [3.05, 3.63) is 85.1 Å². The van der Waals surface area contributed by atoms with Crippen LogP contribution in [0.25, 0.3) is 0 Å². The lowest BCUT2D eigenvalue weighted by Gasteiger charge is -2.25. The largest absolute Gasteiger partial charge is 0.477 e. The van der Waals surface area contributed by atoms with Crippen LogP contribution in [0.15, 0.2) is 85.1 Å². The molecular formula is C70H124NO8+. The van der Waals surface area contributed by atoms with E-state index >= 15 is 0 Å². The Kier molecular flexibility index (Phi) is 57.9. The van der Waals surface area contributed by atoms with Crippen LogP contribution in [0.3, 0.4) is 0 Å². The molecule has 0 rings (SSSR count). The second-order valence-corrected chi connectivity index (χ2v) is 23.0. The van der Waals surface area contributed by atoms with E-state index in [1.54, 1.807) is 0 Å². The molecule has 0 saturated heterocycles. The molecule has 0 amide bonds. The van der Waals surface area contributed by atoms with E-state index in [2.05, 4.69) is 98.9 Å². The van der Waals surface area contributed by atoms with Crippen LogP contribution >= 0.6 is 0 Å². The molecule has 2 atom stereocenters. The summed E-state index contributed by atoms with van der Waals surface area (Å²) in [5.41, 5.74) is 0. The Hall–Kier alpha value is -3.53. The summed E-state index contributed by atoms with van der Waals surface area (Å²) < 4.78 is 23.0. The summed E-state index contributed by atoms with van der Waals surface area (Å²) in [4.78, 5) is 37.6. The summed E-state index contributed by atoms with van der Waals surface area (Å²) in [5.74, 6) is -2.00. The Morgan fingerprint density at radius 3 is 1.09 bits per heavy atom. The Bertz CT molecular complexity index is 1570. The minimum absolute atomic E-state index is 0.184. The molecule has 9 nitrogen and oxygen atoms in total. The number of carboxylic acids is 1. The van der Waals surface area contributed by atoms with Crippen molar-refractivity contribution in [2.45, 2.75) is 296 Å². The average Bonchev–Trinajstić information content (AvgIpc) is 3.42. The van der Waals surface area contributed by atoms with Crippen molar-refractivity contribution < 1.29 is 42.9 Å². The highest BCUT2D eigenvalue weighted by molar-refractivity contribution is 5.71.